The lowest BCUT2D eigenvalue weighted by molar-refractivity contribution is -0.116. The Morgan fingerprint density at radius 1 is 1.14 bits per heavy atom. The van der Waals surface area contributed by atoms with Crippen LogP contribution in [-0.4, -0.2) is 39.7 Å². The van der Waals surface area contributed by atoms with Crippen molar-refractivity contribution in [2.24, 2.45) is 0 Å². The summed E-state index contributed by atoms with van der Waals surface area (Å²) in [6.45, 7) is 2.97. The average molecular weight is 408 g/mol. The van der Waals surface area contributed by atoms with Gasteiger partial charge in [-0.25, -0.2) is 17.6 Å². The highest BCUT2D eigenvalue weighted by atomic mass is 32.2. The Balaban J connectivity index is 2.38. The van der Waals surface area contributed by atoms with Crippen LogP contribution < -0.4 is 9.62 Å². The van der Waals surface area contributed by atoms with Gasteiger partial charge in [-0.2, -0.15) is 0 Å². The van der Waals surface area contributed by atoms with Gasteiger partial charge in [-0.15, -0.1) is 0 Å². The summed E-state index contributed by atoms with van der Waals surface area (Å²) in [6, 6.07) is 8.73. The van der Waals surface area contributed by atoms with E-state index in [0.29, 0.717) is 11.3 Å². The van der Waals surface area contributed by atoms with Gasteiger partial charge < -0.3 is 10.1 Å². The number of halogens is 1. The van der Waals surface area contributed by atoms with E-state index in [1.165, 1.54) is 32.2 Å². The molecule has 0 unspecified atom stereocenters. The van der Waals surface area contributed by atoms with E-state index < -0.39 is 33.8 Å². The fraction of sp³-hybridized carbons (Fsp3) is 0.263. The third kappa shape index (κ3) is 4.48. The normalized spacial score (nSPS) is 12.2. The van der Waals surface area contributed by atoms with E-state index in [-0.39, 0.29) is 11.3 Å². The van der Waals surface area contributed by atoms with Crippen molar-refractivity contribution >= 4 is 33.3 Å². The molecule has 0 bridgehead atoms. The second-order valence-corrected chi connectivity index (χ2v) is 8.00. The molecular weight excluding hydrogens is 387 g/mol. The first-order valence-corrected chi connectivity index (χ1v) is 10.2. The van der Waals surface area contributed by atoms with E-state index in [2.05, 4.69) is 5.32 Å². The number of para-hydroxylation sites is 1. The molecule has 150 valence electrons. The molecule has 28 heavy (non-hydrogen) atoms. The summed E-state index contributed by atoms with van der Waals surface area (Å²) in [4.78, 5) is 24.5. The molecule has 2 rings (SSSR count). The van der Waals surface area contributed by atoms with Crippen molar-refractivity contribution in [3.8, 4) is 0 Å². The average Bonchev–Trinajstić information content (AvgIpc) is 2.63. The Hall–Kier alpha value is -2.94. The maximum atomic E-state index is 14.2. The number of nitrogens with one attached hydrogen (secondary N) is 1. The fourth-order valence-electron chi connectivity index (χ4n) is 2.75. The summed E-state index contributed by atoms with van der Waals surface area (Å²) in [5, 5.41) is 2.60. The molecule has 0 aliphatic carbocycles. The third-order valence-electron chi connectivity index (χ3n) is 4.18. The molecule has 1 atom stereocenters. The Morgan fingerprint density at radius 2 is 1.79 bits per heavy atom. The van der Waals surface area contributed by atoms with Crippen molar-refractivity contribution in [3.05, 3.63) is 59.4 Å². The summed E-state index contributed by atoms with van der Waals surface area (Å²) in [6.07, 6.45) is 0.895. The molecule has 2 aromatic rings. The molecule has 0 saturated carbocycles. The summed E-state index contributed by atoms with van der Waals surface area (Å²) >= 11 is 0. The molecular formula is C19H21FN2O5S. The molecule has 2 aromatic carbocycles. The molecule has 0 aromatic heterocycles. The number of esters is 1. The van der Waals surface area contributed by atoms with Crippen LogP contribution in [0.5, 0.6) is 0 Å². The number of anilines is 2. The van der Waals surface area contributed by atoms with Gasteiger partial charge >= 0.3 is 5.97 Å². The number of nitrogens with zero attached hydrogens (tertiary/aromatic N) is 1. The number of carbonyl (C=O) groups is 2. The van der Waals surface area contributed by atoms with E-state index >= 15 is 0 Å². The first-order valence-electron chi connectivity index (χ1n) is 8.30. The predicted molar refractivity (Wildman–Crippen MR) is 104 cm³/mol. The third-order valence-corrected chi connectivity index (χ3v) is 5.40. The summed E-state index contributed by atoms with van der Waals surface area (Å²) in [5.41, 5.74) is 0.822. The van der Waals surface area contributed by atoms with Crippen LogP contribution in [0.25, 0.3) is 0 Å². The van der Waals surface area contributed by atoms with Crippen LogP contribution in [0, 0.1) is 12.7 Å². The highest BCUT2D eigenvalue weighted by Gasteiger charge is 2.31. The Labute approximate surface area is 163 Å². The van der Waals surface area contributed by atoms with Gasteiger partial charge in [0.05, 0.1) is 24.6 Å². The van der Waals surface area contributed by atoms with E-state index in [0.717, 1.165) is 16.6 Å². The van der Waals surface area contributed by atoms with Crippen LogP contribution in [0.3, 0.4) is 0 Å². The maximum absolute atomic E-state index is 14.2. The first-order chi connectivity index (χ1) is 13.1. The van der Waals surface area contributed by atoms with Gasteiger partial charge in [-0.3, -0.25) is 9.10 Å². The van der Waals surface area contributed by atoms with Crippen LogP contribution in [0.1, 0.15) is 22.8 Å². The molecule has 7 nitrogen and oxygen atoms in total. The van der Waals surface area contributed by atoms with Crippen LogP contribution >= 0.6 is 0 Å². The molecule has 0 aliphatic rings. The predicted octanol–water partition coefficient (Wildman–Crippen LogP) is 2.71. The fourth-order valence-corrected chi connectivity index (χ4v) is 3.93. The zero-order valence-corrected chi connectivity index (χ0v) is 16.7. The van der Waals surface area contributed by atoms with Gasteiger partial charge in [0.2, 0.25) is 15.9 Å². The highest BCUT2D eigenvalue weighted by Crippen LogP contribution is 2.25. The van der Waals surface area contributed by atoms with E-state index in [1.54, 1.807) is 25.1 Å². The number of sulfonamides is 1. The Bertz CT molecular complexity index is 1010. The van der Waals surface area contributed by atoms with Crippen molar-refractivity contribution in [1.29, 1.82) is 0 Å². The molecule has 0 saturated heterocycles. The van der Waals surface area contributed by atoms with Gasteiger partial charge in [0.15, 0.2) is 0 Å². The number of rotatable bonds is 6. The minimum Gasteiger partial charge on any atom is -0.465 e. The minimum absolute atomic E-state index is 0.229. The van der Waals surface area contributed by atoms with Crippen molar-refractivity contribution in [2.75, 3.05) is 23.0 Å². The van der Waals surface area contributed by atoms with Gasteiger partial charge in [0.25, 0.3) is 0 Å². The summed E-state index contributed by atoms with van der Waals surface area (Å²) < 4.78 is 44.1. The lowest BCUT2D eigenvalue weighted by Gasteiger charge is -2.28. The van der Waals surface area contributed by atoms with Gasteiger partial charge in [0.1, 0.15) is 11.9 Å². The monoisotopic (exact) mass is 408 g/mol. The van der Waals surface area contributed by atoms with Gasteiger partial charge in [-0.1, -0.05) is 18.2 Å². The van der Waals surface area contributed by atoms with Crippen LogP contribution in [0.2, 0.25) is 0 Å². The Morgan fingerprint density at radius 3 is 2.36 bits per heavy atom. The number of hydrogen-bond donors (Lipinski definition) is 1. The molecule has 9 heteroatoms. The number of hydrogen-bond acceptors (Lipinski definition) is 5. The maximum Gasteiger partial charge on any atom is 0.338 e. The molecule has 1 N–H and O–H groups in total. The van der Waals surface area contributed by atoms with Crippen molar-refractivity contribution in [3.63, 3.8) is 0 Å². The number of benzene rings is 2. The zero-order chi connectivity index (χ0) is 21.1. The minimum atomic E-state index is -3.95. The SMILES string of the molecule is COC(=O)c1cccc(NC(=O)[C@H](C)N(c2ccccc2F)S(C)(=O)=O)c1C. The van der Waals surface area contributed by atoms with Gasteiger partial charge in [-0.05, 0) is 43.7 Å². The van der Waals surface area contributed by atoms with E-state index in [4.69, 9.17) is 4.74 Å². The topological polar surface area (TPSA) is 92.8 Å². The Kier molecular flexibility index (Phi) is 6.40. The van der Waals surface area contributed by atoms with E-state index in [9.17, 15) is 22.4 Å². The quantitative estimate of drug-likeness (QED) is 0.742. The number of carbonyl (C=O) groups excluding carboxylic acids is 2. The highest BCUT2D eigenvalue weighted by molar-refractivity contribution is 7.92. The molecule has 0 fully saturated rings. The molecule has 0 radical (unpaired) electrons. The largest absolute Gasteiger partial charge is 0.465 e. The van der Waals surface area contributed by atoms with Gasteiger partial charge in [0, 0.05) is 5.69 Å². The summed E-state index contributed by atoms with van der Waals surface area (Å²) in [7, 11) is -2.71. The van der Waals surface area contributed by atoms with E-state index in [1.807, 2.05) is 0 Å². The van der Waals surface area contributed by atoms with Crippen molar-refractivity contribution in [1.82, 2.24) is 0 Å². The van der Waals surface area contributed by atoms with Crippen LogP contribution in [0.15, 0.2) is 42.5 Å². The second kappa shape index (κ2) is 8.39. The zero-order valence-electron chi connectivity index (χ0n) is 15.9. The van der Waals surface area contributed by atoms with Crippen LogP contribution in [0.4, 0.5) is 15.8 Å². The molecule has 1 amide bonds. The second-order valence-electron chi connectivity index (χ2n) is 6.15. The standard InChI is InChI=1S/C19H21FN2O5S/c1-12-14(19(24)27-3)8-7-10-16(12)21-18(23)13(2)22(28(4,25)26)17-11-6-5-9-15(17)20/h5-11,13H,1-4H3,(H,21,23)/t13-/m0/s1. The molecule has 0 heterocycles. The first kappa shape index (κ1) is 21.4. The number of amides is 1. The lowest BCUT2D eigenvalue weighted by Crippen LogP contribution is -2.45. The van der Waals surface area contributed by atoms with Crippen LogP contribution in [-0.2, 0) is 19.6 Å². The van der Waals surface area contributed by atoms with Crippen molar-refractivity contribution in [2.45, 2.75) is 19.9 Å². The summed E-state index contributed by atoms with van der Waals surface area (Å²) in [5.74, 6) is -2.01. The molecule has 0 spiro atoms. The van der Waals surface area contributed by atoms with Crippen molar-refractivity contribution < 1.29 is 27.1 Å². The number of methoxy groups -OCH3 is 1. The lowest BCUT2D eigenvalue weighted by atomic mass is 10.1. The smallest absolute Gasteiger partial charge is 0.338 e. The number of ether oxygens (including phenoxy) is 1. The molecule has 0 aliphatic heterocycles.